The van der Waals surface area contributed by atoms with Crippen LogP contribution in [0.5, 0.6) is 5.88 Å². The van der Waals surface area contributed by atoms with Crippen molar-refractivity contribution in [3.63, 3.8) is 0 Å². The Morgan fingerprint density at radius 2 is 2.10 bits per heavy atom. The van der Waals surface area contributed by atoms with Gasteiger partial charge in [-0.3, -0.25) is 0 Å². The van der Waals surface area contributed by atoms with Gasteiger partial charge in [-0.15, -0.1) is 11.8 Å². The lowest BCUT2D eigenvalue weighted by atomic mass is 10.2. The van der Waals surface area contributed by atoms with E-state index >= 15 is 0 Å². The van der Waals surface area contributed by atoms with Gasteiger partial charge >= 0.3 is 0 Å². The number of nitrogens with one attached hydrogen (secondary N) is 1. The molecule has 0 saturated carbocycles. The molecule has 2 heterocycles. The lowest BCUT2D eigenvalue weighted by Gasteiger charge is -2.21. The lowest BCUT2D eigenvalue weighted by molar-refractivity contribution is 0.143. The first-order chi connectivity index (χ1) is 14.8. The Balaban J connectivity index is 1.50. The molecular formula is C23H32N4O2S. The monoisotopic (exact) mass is 428 g/mol. The van der Waals surface area contributed by atoms with Gasteiger partial charge in [0.15, 0.2) is 5.96 Å². The normalized spacial score (nSPS) is 16.7. The molecule has 1 aliphatic rings. The van der Waals surface area contributed by atoms with Gasteiger partial charge in [0.25, 0.3) is 0 Å². The van der Waals surface area contributed by atoms with E-state index in [1.807, 2.05) is 30.1 Å². The molecule has 0 spiro atoms. The van der Waals surface area contributed by atoms with Crippen molar-refractivity contribution < 1.29 is 9.47 Å². The summed E-state index contributed by atoms with van der Waals surface area (Å²) in [7, 11) is 1.66. The highest BCUT2D eigenvalue weighted by Crippen LogP contribution is 2.26. The van der Waals surface area contributed by atoms with Gasteiger partial charge in [0.1, 0.15) is 6.61 Å². The molecule has 1 N–H and O–H groups in total. The van der Waals surface area contributed by atoms with Crippen molar-refractivity contribution in [3.05, 3.63) is 54.2 Å². The molecular weight excluding hydrogens is 396 g/mol. The number of guanidine groups is 1. The van der Waals surface area contributed by atoms with E-state index < -0.39 is 0 Å². The highest BCUT2D eigenvalue weighted by atomic mass is 32.2. The zero-order valence-electron chi connectivity index (χ0n) is 17.9. The Bertz CT molecular complexity index is 771. The first kappa shape index (κ1) is 22.4. The van der Waals surface area contributed by atoms with Gasteiger partial charge in [-0.2, -0.15) is 0 Å². The summed E-state index contributed by atoms with van der Waals surface area (Å²) >= 11 is 1.95. The van der Waals surface area contributed by atoms with Gasteiger partial charge in [-0.1, -0.05) is 24.3 Å². The number of methoxy groups -OCH3 is 1. The third kappa shape index (κ3) is 7.22. The van der Waals surface area contributed by atoms with E-state index in [-0.39, 0.29) is 0 Å². The molecule has 2 aromatic rings. The van der Waals surface area contributed by atoms with Crippen LogP contribution in [0.3, 0.4) is 0 Å². The Kier molecular flexibility index (Phi) is 9.31. The van der Waals surface area contributed by atoms with Crippen molar-refractivity contribution >= 4 is 17.7 Å². The molecule has 1 saturated heterocycles. The number of likely N-dealkylation sites (tertiary alicyclic amines) is 1. The number of nitrogens with zero attached hydrogens (tertiary/aromatic N) is 3. The van der Waals surface area contributed by atoms with Crippen LogP contribution in [0.4, 0.5) is 0 Å². The van der Waals surface area contributed by atoms with Crippen LogP contribution in [-0.2, 0) is 11.3 Å². The second kappa shape index (κ2) is 12.4. The van der Waals surface area contributed by atoms with Crippen LogP contribution in [0.2, 0.25) is 0 Å². The number of pyridine rings is 1. The average molecular weight is 429 g/mol. The van der Waals surface area contributed by atoms with Crippen LogP contribution < -0.4 is 10.1 Å². The zero-order chi connectivity index (χ0) is 21.0. The lowest BCUT2D eigenvalue weighted by Crippen LogP contribution is -2.40. The van der Waals surface area contributed by atoms with Gasteiger partial charge in [0.2, 0.25) is 5.88 Å². The van der Waals surface area contributed by atoms with Crippen LogP contribution in [-0.4, -0.2) is 61.6 Å². The molecule has 30 heavy (non-hydrogen) atoms. The van der Waals surface area contributed by atoms with Gasteiger partial charge in [0.05, 0.1) is 13.2 Å². The van der Waals surface area contributed by atoms with E-state index in [1.165, 1.54) is 11.3 Å². The van der Waals surface area contributed by atoms with Crippen molar-refractivity contribution in [1.82, 2.24) is 15.2 Å². The highest BCUT2D eigenvalue weighted by Gasteiger charge is 2.24. The number of hydrogen-bond acceptors (Lipinski definition) is 5. The summed E-state index contributed by atoms with van der Waals surface area (Å²) < 4.78 is 10.5. The third-order valence-electron chi connectivity index (χ3n) is 4.90. The Labute approximate surface area is 184 Å². The predicted octanol–water partition coefficient (Wildman–Crippen LogP) is 3.69. The van der Waals surface area contributed by atoms with Crippen molar-refractivity contribution in [2.24, 2.45) is 10.9 Å². The number of aliphatic imine (C=N–C) groups is 1. The minimum Gasteiger partial charge on any atom is -0.475 e. The summed E-state index contributed by atoms with van der Waals surface area (Å²) in [5.74, 6) is 3.44. The number of thioether (sulfide) groups is 1. The molecule has 3 rings (SSSR count). The van der Waals surface area contributed by atoms with E-state index in [2.05, 4.69) is 52.5 Å². The summed E-state index contributed by atoms with van der Waals surface area (Å²) in [4.78, 5) is 12.9. The minimum atomic E-state index is 0.504. The first-order valence-electron chi connectivity index (χ1n) is 10.6. The molecule has 1 aliphatic heterocycles. The first-order valence-corrected chi connectivity index (χ1v) is 11.5. The van der Waals surface area contributed by atoms with E-state index in [9.17, 15) is 0 Å². The molecule has 0 aliphatic carbocycles. The van der Waals surface area contributed by atoms with Crippen molar-refractivity contribution in [2.45, 2.75) is 24.8 Å². The van der Waals surface area contributed by atoms with Gasteiger partial charge < -0.3 is 19.7 Å². The molecule has 0 radical (unpaired) electrons. The van der Waals surface area contributed by atoms with E-state index in [1.54, 1.807) is 7.11 Å². The molecule has 1 aromatic heterocycles. The minimum absolute atomic E-state index is 0.504. The van der Waals surface area contributed by atoms with Crippen molar-refractivity contribution in [1.29, 1.82) is 0 Å². The number of hydrogen-bond donors (Lipinski definition) is 1. The number of aromatic nitrogens is 1. The SMILES string of the molecule is CCNC(=NCc1ccc(OCCOC)nc1)N1CCC(CSc2ccccc2)C1. The molecule has 1 fully saturated rings. The summed E-state index contributed by atoms with van der Waals surface area (Å²) in [5, 5.41) is 3.45. The van der Waals surface area contributed by atoms with Crippen LogP contribution in [0.25, 0.3) is 0 Å². The molecule has 6 nitrogen and oxygen atoms in total. The van der Waals surface area contributed by atoms with E-state index in [0.29, 0.717) is 31.6 Å². The summed E-state index contributed by atoms with van der Waals surface area (Å²) in [5.41, 5.74) is 1.07. The topological polar surface area (TPSA) is 59.0 Å². The second-order valence-electron chi connectivity index (χ2n) is 7.24. The Morgan fingerprint density at radius 3 is 2.83 bits per heavy atom. The molecule has 1 unspecified atom stereocenters. The highest BCUT2D eigenvalue weighted by molar-refractivity contribution is 7.99. The second-order valence-corrected chi connectivity index (χ2v) is 8.33. The maximum absolute atomic E-state index is 5.52. The van der Waals surface area contributed by atoms with Crippen molar-refractivity contribution in [3.8, 4) is 5.88 Å². The van der Waals surface area contributed by atoms with Crippen LogP contribution in [0, 0.1) is 5.92 Å². The standard InChI is InChI=1S/C23H32N4O2S/c1-3-24-23(26-16-19-9-10-22(25-15-19)29-14-13-28-2)27-12-11-20(17-27)18-30-21-7-5-4-6-8-21/h4-10,15,20H,3,11-14,16-18H2,1-2H3,(H,24,26). The number of benzene rings is 1. The maximum Gasteiger partial charge on any atom is 0.213 e. The number of ether oxygens (including phenoxy) is 2. The predicted molar refractivity (Wildman–Crippen MR) is 123 cm³/mol. The third-order valence-corrected chi connectivity index (χ3v) is 6.14. The smallest absolute Gasteiger partial charge is 0.213 e. The van der Waals surface area contributed by atoms with Gasteiger partial charge in [-0.05, 0) is 37.0 Å². The largest absolute Gasteiger partial charge is 0.475 e. The molecule has 162 valence electrons. The van der Waals surface area contributed by atoms with E-state index in [0.717, 1.165) is 36.9 Å². The Morgan fingerprint density at radius 1 is 1.23 bits per heavy atom. The average Bonchev–Trinajstić information content (AvgIpc) is 3.26. The van der Waals surface area contributed by atoms with Crippen LogP contribution >= 0.6 is 11.8 Å². The summed E-state index contributed by atoms with van der Waals surface area (Å²) in [6.07, 6.45) is 3.04. The fourth-order valence-electron chi connectivity index (χ4n) is 3.30. The molecule has 1 atom stereocenters. The molecule has 0 amide bonds. The van der Waals surface area contributed by atoms with E-state index in [4.69, 9.17) is 14.5 Å². The van der Waals surface area contributed by atoms with Gasteiger partial charge in [0, 0.05) is 49.7 Å². The molecule has 7 heteroatoms. The van der Waals surface area contributed by atoms with Gasteiger partial charge in [-0.25, -0.2) is 9.98 Å². The van der Waals surface area contributed by atoms with Crippen molar-refractivity contribution in [2.75, 3.05) is 45.7 Å². The molecule has 0 bridgehead atoms. The summed E-state index contributed by atoms with van der Waals surface area (Å²) in [6, 6.07) is 14.6. The fourth-order valence-corrected chi connectivity index (χ4v) is 4.35. The quantitative estimate of drug-likeness (QED) is 0.270. The number of rotatable bonds is 10. The maximum atomic E-state index is 5.52. The zero-order valence-corrected chi connectivity index (χ0v) is 18.7. The molecule has 1 aromatic carbocycles. The van der Waals surface area contributed by atoms with Crippen LogP contribution in [0.15, 0.2) is 58.5 Å². The fraction of sp³-hybridized carbons (Fsp3) is 0.478. The Hall–Kier alpha value is -2.25. The van der Waals surface area contributed by atoms with Crippen LogP contribution in [0.1, 0.15) is 18.9 Å². The summed E-state index contributed by atoms with van der Waals surface area (Å²) in [6.45, 7) is 6.75.